The maximum absolute atomic E-state index is 11.3. The first kappa shape index (κ1) is 10.5. The summed E-state index contributed by atoms with van der Waals surface area (Å²) in [4.78, 5) is 23.9. The number of Topliss-reactive ketones (excluding diaryl/α,β-unsaturated/α-hetero) is 1. The molecule has 0 N–H and O–H groups in total. The Morgan fingerprint density at radius 3 is 2.27 bits per heavy atom. The third kappa shape index (κ3) is 2.13. The fourth-order valence-corrected chi connectivity index (χ4v) is 2.67. The van der Waals surface area contributed by atoms with Crippen LogP contribution >= 0.6 is 0 Å². The van der Waals surface area contributed by atoms with Gasteiger partial charge in [0.25, 0.3) is 0 Å². The number of ketones is 1. The molecule has 0 aliphatic heterocycles. The topological polar surface area (TPSA) is 46.6 Å². The van der Waals surface area contributed by atoms with Crippen LogP contribution in [-0.4, -0.2) is 37.0 Å². The lowest BCUT2D eigenvalue weighted by atomic mass is 10.0. The quantitative estimate of drug-likeness (QED) is 0.659. The molecule has 0 aromatic carbocycles. The molecule has 0 bridgehead atoms. The molecule has 0 heterocycles. The maximum Gasteiger partial charge on any atom is 0.409 e. The van der Waals surface area contributed by atoms with Crippen molar-refractivity contribution in [1.82, 2.24) is 4.90 Å². The predicted octanol–water partition coefficient (Wildman–Crippen LogP) is 1.44. The molecular weight excluding hydrogens is 194 g/mol. The van der Waals surface area contributed by atoms with Crippen molar-refractivity contribution >= 4 is 11.9 Å². The second-order valence-corrected chi connectivity index (χ2v) is 4.84. The lowest BCUT2D eigenvalue weighted by Gasteiger charge is -2.16. The van der Waals surface area contributed by atoms with Crippen LogP contribution in [0.3, 0.4) is 0 Å². The lowest BCUT2D eigenvalue weighted by Crippen LogP contribution is -2.27. The molecule has 2 rings (SSSR count). The van der Waals surface area contributed by atoms with Crippen molar-refractivity contribution in [1.29, 1.82) is 0 Å². The minimum absolute atomic E-state index is 0.0306. The van der Waals surface area contributed by atoms with Crippen LogP contribution in [-0.2, 0) is 9.53 Å². The first-order valence-corrected chi connectivity index (χ1v) is 5.46. The van der Waals surface area contributed by atoms with Gasteiger partial charge in [-0.3, -0.25) is 4.79 Å². The molecule has 4 nitrogen and oxygen atoms in total. The van der Waals surface area contributed by atoms with Crippen molar-refractivity contribution in [2.75, 3.05) is 14.1 Å². The van der Waals surface area contributed by atoms with E-state index < -0.39 is 0 Å². The minimum atomic E-state index is -0.272. The number of nitrogens with zero attached hydrogens (tertiary/aromatic N) is 1. The van der Waals surface area contributed by atoms with Crippen molar-refractivity contribution in [3.63, 3.8) is 0 Å². The Balaban J connectivity index is 1.85. The zero-order valence-corrected chi connectivity index (χ0v) is 9.23. The normalized spacial score (nSPS) is 34.0. The molecule has 2 saturated carbocycles. The molecule has 15 heavy (non-hydrogen) atoms. The van der Waals surface area contributed by atoms with Crippen LogP contribution in [0.15, 0.2) is 0 Å². The molecule has 0 unspecified atom stereocenters. The lowest BCUT2D eigenvalue weighted by molar-refractivity contribution is -0.118. The number of amides is 1. The van der Waals surface area contributed by atoms with Gasteiger partial charge in [0.1, 0.15) is 11.9 Å². The third-order valence-electron chi connectivity index (χ3n) is 3.41. The van der Waals surface area contributed by atoms with Crippen LogP contribution in [0, 0.1) is 11.8 Å². The Morgan fingerprint density at radius 2 is 1.80 bits per heavy atom. The summed E-state index contributed by atoms with van der Waals surface area (Å²) >= 11 is 0. The number of hydrogen-bond acceptors (Lipinski definition) is 3. The Morgan fingerprint density at radius 1 is 1.27 bits per heavy atom. The molecule has 2 aliphatic rings. The standard InChI is InChI=1S/C11H17NO3/c1-12(2)11(14)15-10-5-7-3-9(13)4-8(7)6-10/h7-8,10H,3-6H2,1-2H3/t7-,8+,10+. The first-order chi connectivity index (χ1) is 7.06. The van der Waals surface area contributed by atoms with E-state index in [9.17, 15) is 9.59 Å². The van der Waals surface area contributed by atoms with Gasteiger partial charge >= 0.3 is 6.09 Å². The fraction of sp³-hybridized carbons (Fsp3) is 0.818. The molecule has 2 aliphatic carbocycles. The number of hydrogen-bond donors (Lipinski definition) is 0. The molecule has 0 saturated heterocycles. The number of carbonyl (C=O) groups is 2. The van der Waals surface area contributed by atoms with Gasteiger partial charge in [-0.05, 0) is 24.7 Å². The van der Waals surface area contributed by atoms with Crippen molar-refractivity contribution in [3.05, 3.63) is 0 Å². The van der Waals surface area contributed by atoms with E-state index in [-0.39, 0.29) is 12.2 Å². The molecule has 0 radical (unpaired) electrons. The third-order valence-corrected chi connectivity index (χ3v) is 3.41. The summed E-state index contributed by atoms with van der Waals surface area (Å²) in [7, 11) is 3.36. The molecule has 84 valence electrons. The van der Waals surface area contributed by atoms with Crippen molar-refractivity contribution < 1.29 is 14.3 Å². The van der Waals surface area contributed by atoms with E-state index in [4.69, 9.17) is 4.74 Å². The highest BCUT2D eigenvalue weighted by Crippen LogP contribution is 2.43. The smallest absolute Gasteiger partial charge is 0.409 e. The summed E-state index contributed by atoms with van der Waals surface area (Å²) in [6, 6.07) is 0. The van der Waals surface area contributed by atoms with E-state index in [1.165, 1.54) is 4.90 Å². The van der Waals surface area contributed by atoms with Crippen molar-refractivity contribution in [2.24, 2.45) is 11.8 Å². The van der Waals surface area contributed by atoms with Gasteiger partial charge in [0, 0.05) is 26.9 Å². The Bertz CT molecular complexity index is 272. The summed E-state index contributed by atoms with van der Waals surface area (Å²) in [6.45, 7) is 0. The van der Waals surface area contributed by atoms with Crippen LogP contribution < -0.4 is 0 Å². The van der Waals surface area contributed by atoms with Crippen LogP contribution in [0.4, 0.5) is 4.79 Å². The summed E-state index contributed by atoms with van der Waals surface area (Å²) in [5, 5.41) is 0. The molecule has 4 heteroatoms. The van der Waals surface area contributed by atoms with Crippen LogP contribution in [0.25, 0.3) is 0 Å². The first-order valence-electron chi connectivity index (χ1n) is 5.46. The largest absolute Gasteiger partial charge is 0.446 e. The summed E-state index contributed by atoms with van der Waals surface area (Å²) in [6.07, 6.45) is 2.89. The number of rotatable bonds is 1. The van der Waals surface area contributed by atoms with Crippen LogP contribution in [0.1, 0.15) is 25.7 Å². The molecular formula is C11H17NO3. The maximum atomic E-state index is 11.3. The van der Waals surface area contributed by atoms with Gasteiger partial charge < -0.3 is 9.64 Å². The van der Waals surface area contributed by atoms with Gasteiger partial charge in [0.15, 0.2) is 0 Å². The second-order valence-electron chi connectivity index (χ2n) is 4.84. The van der Waals surface area contributed by atoms with Crippen LogP contribution in [0.5, 0.6) is 0 Å². The summed E-state index contributed by atoms with van der Waals surface area (Å²) < 4.78 is 5.32. The molecule has 2 fully saturated rings. The SMILES string of the molecule is CN(C)C(=O)O[C@H]1C[C@H]2CC(=O)C[C@H]2C1. The fourth-order valence-electron chi connectivity index (χ4n) is 2.67. The predicted molar refractivity (Wildman–Crippen MR) is 54.4 cm³/mol. The van der Waals surface area contributed by atoms with Gasteiger partial charge in [-0.2, -0.15) is 0 Å². The van der Waals surface area contributed by atoms with Crippen molar-refractivity contribution in [3.8, 4) is 0 Å². The average Bonchev–Trinajstić information content (AvgIpc) is 2.60. The Kier molecular flexibility index (Phi) is 2.67. The minimum Gasteiger partial charge on any atom is -0.446 e. The van der Waals surface area contributed by atoms with Crippen LogP contribution in [0.2, 0.25) is 0 Å². The molecule has 3 atom stereocenters. The van der Waals surface area contributed by atoms with E-state index in [2.05, 4.69) is 0 Å². The van der Waals surface area contributed by atoms with Gasteiger partial charge in [0.2, 0.25) is 0 Å². The molecule has 0 aromatic rings. The summed E-state index contributed by atoms with van der Waals surface area (Å²) in [5.41, 5.74) is 0. The van der Waals surface area contributed by atoms with Gasteiger partial charge in [0.05, 0.1) is 0 Å². The van der Waals surface area contributed by atoms with E-state index in [0.717, 1.165) is 12.8 Å². The van der Waals surface area contributed by atoms with E-state index in [1.54, 1.807) is 14.1 Å². The number of fused-ring (bicyclic) bond motifs is 1. The monoisotopic (exact) mass is 211 g/mol. The van der Waals surface area contributed by atoms with E-state index in [1.807, 2.05) is 0 Å². The molecule has 1 amide bonds. The molecule has 0 spiro atoms. The van der Waals surface area contributed by atoms with Gasteiger partial charge in [-0.25, -0.2) is 4.79 Å². The van der Waals surface area contributed by atoms with Gasteiger partial charge in [-0.1, -0.05) is 0 Å². The highest BCUT2D eigenvalue weighted by molar-refractivity contribution is 5.81. The second kappa shape index (κ2) is 3.83. The zero-order valence-electron chi connectivity index (χ0n) is 9.23. The molecule has 0 aromatic heterocycles. The van der Waals surface area contributed by atoms with Crippen molar-refractivity contribution in [2.45, 2.75) is 31.8 Å². The summed E-state index contributed by atoms with van der Waals surface area (Å²) in [5.74, 6) is 1.32. The highest BCUT2D eigenvalue weighted by atomic mass is 16.6. The Labute approximate surface area is 89.6 Å². The van der Waals surface area contributed by atoms with E-state index >= 15 is 0 Å². The highest BCUT2D eigenvalue weighted by Gasteiger charge is 2.42. The van der Waals surface area contributed by atoms with Gasteiger partial charge in [-0.15, -0.1) is 0 Å². The zero-order chi connectivity index (χ0) is 11.0. The van der Waals surface area contributed by atoms with E-state index in [0.29, 0.717) is 30.5 Å². The Hall–Kier alpha value is -1.06. The number of carbonyl (C=O) groups excluding carboxylic acids is 2. The number of ether oxygens (including phenoxy) is 1. The average molecular weight is 211 g/mol.